The first-order valence-corrected chi connectivity index (χ1v) is 6.80. The summed E-state index contributed by atoms with van der Waals surface area (Å²) in [5, 5.41) is 11.0. The number of hydrogen-bond donors (Lipinski definition) is 0. The predicted octanol–water partition coefficient (Wildman–Crippen LogP) is 3.17. The van der Waals surface area contributed by atoms with E-state index in [2.05, 4.69) is 4.98 Å². The summed E-state index contributed by atoms with van der Waals surface area (Å²) in [6.45, 7) is 3.64. The molecule has 0 fully saturated rings. The van der Waals surface area contributed by atoms with Crippen LogP contribution in [0.25, 0.3) is 0 Å². The summed E-state index contributed by atoms with van der Waals surface area (Å²) in [6, 6.07) is 5.54. The van der Waals surface area contributed by atoms with Crippen LogP contribution >= 0.6 is 11.8 Å². The number of oxazole rings is 1. The molecule has 0 aliphatic heterocycles. The molecule has 0 aliphatic carbocycles. The van der Waals surface area contributed by atoms with Gasteiger partial charge in [-0.15, -0.1) is 0 Å². The van der Waals surface area contributed by atoms with Crippen molar-refractivity contribution in [2.75, 3.05) is 5.75 Å². The van der Waals surface area contributed by atoms with E-state index < -0.39 is 4.92 Å². The minimum absolute atomic E-state index is 0.0341. The molecule has 0 aliphatic rings. The van der Waals surface area contributed by atoms with Crippen molar-refractivity contribution < 1.29 is 14.1 Å². The van der Waals surface area contributed by atoms with Gasteiger partial charge < -0.3 is 4.42 Å². The van der Waals surface area contributed by atoms with E-state index in [9.17, 15) is 14.9 Å². The lowest BCUT2D eigenvalue weighted by molar-refractivity contribution is -0.384. The summed E-state index contributed by atoms with van der Waals surface area (Å²) in [5.41, 5.74) is 1.20. The molecule has 7 heteroatoms. The molecular weight excluding hydrogens is 280 g/mol. The second kappa shape index (κ2) is 5.87. The van der Waals surface area contributed by atoms with Crippen molar-refractivity contribution in [2.24, 2.45) is 0 Å². The van der Waals surface area contributed by atoms with Crippen LogP contribution in [0.4, 0.5) is 5.69 Å². The van der Waals surface area contributed by atoms with Crippen LogP contribution in [0.3, 0.4) is 0 Å². The number of nitro benzene ring substituents is 1. The minimum atomic E-state index is -0.499. The van der Waals surface area contributed by atoms with Crippen LogP contribution in [-0.4, -0.2) is 21.4 Å². The van der Waals surface area contributed by atoms with E-state index in [0.29, 0.717) is 10.8 Å². The highest BCUT2D eigenvalue weighted by Crippen LogP contribution is 2.21. The number of nitro groups is 1. The van der Waals surface area contributed by atoms with Crippen LogP contribution in [-0.2, 0) is 0 Å². The van der Waals surface area contributed by atoms with Gasteiger partial charge in [0.25, 0.3) is 10.9 Å². The van der Waals surface area contributed by atoms with Crippen molar-refractivity contribution >= 4 is 23.2 Å². The first-order chi connectivity index (χ1) is 9.47. The highest BCUT2D eigenvalue weighted by Gasteiger charge is 2.12. The van der Waals surface area contributed by atoms with E-state index in [0.717, 1.165) is 11.5 Å². The predicted molar refractivity (Wildman–Crippen MR) is 74.1 cm³/mol. The van der Waals surface area contributed by atoms with Gasteiger partial charge in [-0.2, -0.15) is 0 Å². The SMILES string of the molecule is Cc1nc(SCC(=O)c2ccc([N+](=O)[O-])cc2)oc1C. The second-order valence-electron chi connectivity index (χ2n) is 4.14. The molecule has 0 radical (unpaired) electrons. The van der Waals surface area contributed by atoms with Crippen LogP contribution in [0.2, 0.25) is 0 Å². The number of Topliss-reactive ketones (excluding diaryl/α,β-unsaturated/α-hetero) is 1. The zero-order chi connectivity index (χ0) is 14.7. The van der Waals surface area contributed by atoms with Crippen LogP contribution < -0.4 is 0 Å². The van der Waals surface area contributed by atoms with E-state index in [1.807, 2.05) is 13.8 Å². The molecule has 0 saturated heterocycles. The van der Waals surface area contributed by atoms with E-state index in [1.54, 1.807) is 0 Å². The molecule has 20 heavy (non-hydrogen) atoms. The van der Waals surface area contributed by atoms with Crippen molar-refractivity contribution in [1.82, 2.24) is 4.98 Å². The van der Waals surface area contributed by atoms with Gasteiger partial charge in [0.05, 0.1) is 16.4 Å². The van der Waals surface area contributed by atoms with E-state index >= 15 is 0 Å². The number of carbonyl (C=O) groups excluding carboxylic acids is 1. The zero-order valence-electron chi connectivity index (χ0n) is 11.0. The number of rotatable bonds is 5. The number of carbonyl (C=O) groups is 1. The Labute approximate surface area is 119 Å². The number of nitrogens with zero attached hydrogens (tertiary/aromatic N) is 2. The number of aryl methyl sites for hydroxylation is 2. The molecule has 1 aromatic carbocycles. The summed E-state index contributed by atoms with van der Waals surface area (Å²) < 4.78 is 5.36. The van der Waals surface area contributed by atoms with Crippen molar-refractivity contribution in [1.29, 1.82) is 0 Å². The van der Waals surface area contributed by atoms with Gasteiger partial charge in [-0.25, -0.2) is 4.98 Å². The number of hydrogen-bond acceptors (Lipinski definition) is 6. The van der Waals surface area contributed by atoms with E-state index in [4.69, 9.17) is 4.42 Å². The van der Waals surface area contributed by atoms with Gasteiger partial charge in [0.15, 0.2) is 5.78 Å². The third-order valence-corrected chi connectivity index (χ3v) is 3.56. The van der Waals surface area contributed by atoms with Crippen LogP contribution in [0.1, 0.15) is 21.8 Å². The maximum absolute atomic E-state index is 11.9. The Balaban J connectivity index is 1.99. The van der Waals surface area contributed by atoms with Gasteiger partial charge in [-0.1, -0.05) is 11.8 Å². The highest BCUT2D eigenvalue weighted by molar-refractivity contribution is 7.99. The lowest BCUT2D eigenvalue weighted by Crippen LogP contribution is -2.02. The van der Waals surface area contributed by atoms with Crippen LogP contribution in [0, 0.1) is 24.0 Å². The third-order valence-electron chi connectivity index (χ3n) is 2.74. The van der Waals surface area contributed by atoms with Crippen LogP contribution in [0.15, 0.2) is 33.9 Å². The lowest BCUT2D eigenvalue weighted by Gasteiger charge is -1.98. The van der Waals surface area contributed by atoms with Gasteiger partial charge >= 0.3 is 0 Å². The summed E-state index contributed by atoms with van der Waals surface area (Å²) in [5.74, 6) is 0.783. The Morgan fingerprint density at radius 3 is 2.50 bits per heavy atom. The Bertz CT molecular complexity index is 629. The van der Waals surface area contributed by atoms with Gasteiger partial charge in [-0.05, 0) is 26.0 Å². The number of benzene rings is 1. The van der Waals surface area contributed by atoms with E-state index in [1.165, 1.54) is 36.0 Å². The topological polar surface area (TPSA) is 86.2 Å². The fourth-order valence-electron chi connectivity index (χ4n) is 1.48. The monoisotopic (exact) mass is 292 g/mol. The molecule has 1 heterocycles. The fraction of sp³-hybridized carbons (Fsp3) is 0.231. The molecule has 1 aromatic heterocycles. The highest BCUT2D eigenvalue weighted by atomic mass is 32.2. The summed E-state index contributed by atoms with van der Waals surface area (Å²) in [6.07, 6.45) is 0. The Kier molecular flexibility index (Phi) is 4.19. The molecule has 6 nitrogen and oxygen atoms in total. The molecule has 2 rings (SSSR count). The average molecular weight is 292 g/mol. The van der Waals surface area contributed by atoms with Crippen molar-refractivity contribution in [3.63, 3.8) is 0 Å². The van der Waals surface area contributed by atoms with E-state index in [-0.39, 0.29) is 17.2 Å². The minimum Gasteiger partial charge on any atom is -0.437 e. The number of ketones is 1. The number of thioether (sulfide) groups is 1. The first kappa shape index (κ1) is 14.3. The van der Waals surface area contributed by atoms with Gasteiger partial charge in [-0.3, -0.25) is 14.9 Å². The third kappa shape index (κ3) is 3.24. The fourth-order valence-corrected chi connectivity index (χ4v) is 2.29. The van der Waals surface area contributed by atoms with Gasteiger partial charge in [0.2, 0.25) is 0 Å². The maximum atomic E-state index is 11.9. The second-order valence-corrected chi connectivity index (χ2v) is 5.06. The molecule has 0 N–H and O–H groups in total. The normalized spacial score (nSPS) is 10.5. The summed E-state index contributed by atoms with van der Waals surface area (Å²) >= 11 is 1.21. The average Bonchev–Trinajstić information content (AvgIpc) is 2.75. The van der Waals surface area contributed by atoms with Gasteiger partial charge in [0.1, 0.15) is 5.76 Å². The Hall–Kier alpha value is -2.15. The quantitative estimate of drug-likeness (QED) is 0.364. The van der Waals surface area contributed by atoms with Crippen molar-refractivity contribution in [3.8, 4) is 0 Å². The molecular formula is C13H12N2O4S. The molecule has 2 aromatic rings. The zero-order valence-corrected chi connectivity index (χ0v) is 11.8. The molecule has 0 bridgehead atoms. The molecule has 0 amide bonds. The smallest absolute Gasteiger partial charge is 0.269 e. The number of aromatic nitrogens is 1. The lowest BCUT2D eigenvalue weighted by atomic mass is 10.1. The van der Waals surface area contributed by atoms with Crippen molar-refractivity contribution in [2.45, 2.75) is 19.1 Å². The molecule has 0 unspecified atom stereocenters. The Morgan fingerprint density at radius 1 is 1.35 bits per heavy atom. The van der Waals surface area contributed by atoms with Gasteiger partial charge in [0, 0.05) is 17.7 Å². The molecule has 104 valence electrons. The van der Waals surface area contributed by atoms with Crippen molar-refractivity contribution in [3.05, 3.63) is 51.4 Å². The van der Waals surface area contributed by atoms with Crippen LogP contribution in [0.5, 0.6) is 0 Å². The molecule has 0 saturated carbocycles. The maximum Gasteiger partial charge on any atom is 0.269 e. The Morgan fingerprint density at radius 2 is 2.00 bits per heavy atom. The number of non-ortho nitro benzene ring substituents is 1. The largest absolute Gasteiger partial charge is 0.437 e. The molecule has 0 spiro atoms. The summed E-state index contributed by atoms with van der Waals surface area (Å²) in [4.78, 5) is 26.1. The molecule has 0 atom stereocenters. The standard InChI is InChI=1S/C13H12N2O4S/c1-8-9(2)19-13(14-8)20-7-12(16)10-3-5-11(6-4-10)15(17)18/h3-6H,7H2,1-2H3. The summed E-state index contributed by atoms with van der Waals surface area (Å²) in [7, 11) is 0. The first-order valence-electron chi connectivity index (χ1n) is 5.82.